The summed E-state index contributed by atoms with van der Waals surface area (Å²) in [7, 11) is 0. The molecule has 0 aliphatic carbocycles. The van der Waals surface area contributed by atoms with Gasteiger partial charge in [-0.15, -0.1) is 0 Å². The molecule has 3 nitrogen and oxygen atoms in total. The molecule has 0 spiro atoms. The van der Waals surface area contributed by atoms with Gasteiger partial charge in [0.15, 0.2) is 0 Å². The first-order chi connectivity index (χ1) is 29.6. The van der Waals surface area contributed by atoms with E-state index in [-0.39, 0.29) is 28.4 Å². The van der Waals surface area contributed by atoms with Gasteiger partial charge in [-0.05, 0) is 151 Å². The number of furan rings is 1. The summed E-state index contributed by atoms with van der Waals surface area (Å²) in [5, 5.41) is 2.32. The fourth-order valence-electron chi connectivity index (χ4n) is 9.96. The standard InChI is InChI=1S/C59H61BN2O/c1-36-30-51-55-52(31-36)62(43-22-14-37(15-23-43)38-16-26-45-46-27-19-42(59(11,12)13)35-54(46)63-53(45)32-38)50-34-41(58(8,9)10)20-28-47(50)60(55)48-33-40(57(5,6)7)21-29-49(48)61(51)44-24-17-39(18-25-44)56(2,3)4/h14-35H,1-13H3. The molecule has 7 aromatic carbocycles. The summed E-state index contributed by atoms with van der Waals surface area (Å²) in [5.41, 5.74) is 22.1. The van der Waals surface area contributed by atoms with Crippen LogP contribution in [0.3, 0.4) is 0 Å². The lowest BCUT2D eigenvalue weighted by Crippen LogP contribution is -2.61. The number of hydrogen-bond donors (Lipinski definition) is 0. The minimum absolute atomic E-state index is 0.00328. The zero-order chi connectivity index (χ0) is 44.5. The van der Waals surface area contributed by atoms with Crippen molar-refractivity contribution in [3.63, 3.8) is 0 Å². The fourth-order valence-corrected chi connectivity index (χ4v) is 9.96. The number of rotatable bonds is 3. The largest absolute Gasteiger partial charge is 0.456 e. The number of aryl methyl sites for hydroxylation is 1. The molecule has 0 atom stereocenters. The second-order valence-electron chi connectivity index (χ2n) is 22.5. The monoisotopic (exact) mass is 824 g/mol. The minimum atomic E-state index is -0.0217. The Hall–Kier alpha value is -6.00. The van der Waals surface area contributed by atoms with Gasteiger partial charge in [-0.1, -0.05) is 150 Å². The molecule has 8 aromatic rings. The molecule has 2 aliphatic heterocycles. The van der Waals surface area contributed by atoms with Gasteiger partial charge in [0, 0.05) is 44.9 Å². The van der Waals surface area contributed by atoms with E-state index in [1.165, 1.54) is 72.6 Å². The highest BCUT2D eigenvalue weighted by molar-refractivity contribution is 7.00. The molecular weight excluding hydrogens is 763 g/mol. The van der Waals surface area contributed by atoms with Crippen molar-refractivity contribution in [2.75, 3.05) is 9.80 Å². The third-order valence-electron chi connectivity index (χ3n) is 13.7. The zero-order valence-corrected chi connectivity index (χ0v) is 39.6. The highest BCUT2D eigenvalue weighted by Crippen LogP contribution is 2.46. The first kappa shape index (κ1) is 41.0. The first-order valence-electron chi connectivity index (χ1n) is 22.9. The number of hydrogen-bond acceptors (Lipinski definition) is 3. The van der Waals surface area contributed by atoms with Gasteiger partial charge in [0.2, 0.25) is 0 Å². The Morgan fingerprint density at radius 2 is 0.841 bits per heavy atom. The van der Waals surface area contributed by atoms with Crippen LogP contribution < -0.4 is 26.2 Å². The smallest absolute Gasteiger partial charge is 0.252 e. The quantitative estimate of drug-likeness (QED) is 0.166. The highest BCUT2D eigenvalue weighted by Gasteiger charge is 2.44. The third-order valence-corrected chi connectivity index (χ3v) is 13.7. The van der Waals surface area contributed by atoms with E-state index in [0.29, 0.717) is 0 Å². The van der Waals surface area contributed by atoms with Crippen LogP contribution in [-0.4, -0.2) is 6.71 Å². The number of nitrogens with zero attached hydrogens (tertiary/aromatic N) is 2. The van der Waals surface area contributed by atoms with Crippen molar-refractivity contribution in [1.82, 2.24) is 0 Å². The van der Waals surface area contributed by atoms with Crippen molar-refractivity contribution in [2.24, 2.45) is 0 Å². The van der Waals surface area contributed by atoms with Crippen molar-refractivity contribution < 1.29 is 4.42 Å². The predicted octanol–water partition coefficient (Wildman–Crippen LogP) is 14.8. The fraction of sp³-hybridized carbons (Fsp3) is 0.288. The van der Waals surface area contributed by atoms with Crippen molar-refractivity contribution in [1.29, 1.82) is 0 Å². The summed E-state index contributed by atoms with van der Waals surface area (Å²) in [6, 6.07) is 51.2. The average molecular weight is 825 g/mol. The number of benzene rings is 7. The maximum atomic E-state index is 6.53. The molecule has 2 aliphatic rings. The molecule has 10 rings (SSSR count). The van der Waals surface area contributed by atoms with Crippen LogP contribution in [0.25, 0.3) is 33.1 Å². The van der Waals surface area contributed by atoms with Crippen LogP contribution in [0.2, 0.25) is 0 Å². The van der Waals surface area contributed by atoms with Crippen LogP contribution in [0.4, 0.5) is 34.1 Å². The highest BCUT2D eigenvalue weighted by atomic mass is 16.3. The summed E-state index contributed by atoms with van der Waals surface area (Å²) < 4.78 is 6.53. The van der Waals surface area contributed by atoms with E-state index >= 15 is 0 Å². The second kappa shape index (κ2) is 14.0. The summed E-state index contributed by atoms with van der Waals surface area (Å²) in [5.74, 6) is 0. The molecule has 1 aromatic heterocycles. The molecule has 63 heavy (non-hydrogen) atoms. The van der Waals surface area contributed by atoms with E-state index < -0.39 is 0 Å². The van der Waals surface area contributed by atoms with Crippen LogP contribution in [-0.2, 0) is 21.7 Å². The molecule has 4 heteroatoms. The summed E-state index contributed by atoms with van der Waals surface area (Å²) in [4.78, 5) is 5.08. The van der Waals surface area contributed by atoms with Crippen molar-refractivity contribution in [3.05, 3.63) is 161 Å². The molecule has 316 valence electrons. The molecule has 0 fully saturated rings. The molecular formula is C59H61BN2O. The van der Waals surface area contributed by atoms with E-state index in [1.54, 1.807) is 0 Å². The van der Waals surface area contributed by atoms with E-state index in [0.717, 1.165) is 38.8 Å². The van der Waals surface area contributed by atoms with Crippen LogP contribution in [0.15, 0.2) is 138 Å². The normalized spacial score (nSPS) is 14.0. The summed E-state index contributed by atoms with van der Waals surface area (Å²) in [6.45, 7) is 29.9. The van der Waals surface area contributed by atoms with Gasteiger partial charge >= 0.3 is 0 Å². The van der Waals surface area contributed by atoms with Crippen molar-refractivity contribution >= 4 is 79.2 Å². The Morgan fingerprint density at radius 3 is 1.44 bits per heavy atom. The van der Waals surface area contributed by atoms with Crippen LogP contribution in [0.5, 0.6) is 0 Å². The van der Waals surface area contributed by atoms with Crippen molar-refractivity contribution in [2.45, 2.75) is 112 Å². The maximum Gasteiger partial charge on any atom is 0.252 e. The van der Waals surface area contributed by atoms with E-state index in [4.69, 9.17) is 4.42 Å². The molecule has 0 bridgehead atoms. The number of anilines is 6. The van der Waals surface area contributed by atoms with Gasteiger partial charge in [-0.3, -0.25) is 0 Å². The Kier molecular flexibility index (Phi) is 9.12. The topological polar surface area (TPSA) is 19.6 Å². The molecule has 0 amide bonds. The first-order valence-corrected chi connectivity index (χ1v) is 22.9. The van der Waals surface area contributed by atoms with Gasteiger partial charge < -0.3 is 14.2 Å². The lowest BCUT2D eigenvalue weighted by molar-refractivity contribution is 0.587. The summed E-state index contributed by atoms with van der Waals surface area (Å²) >= 11 is 0. The Labute approximate surface area is 375 Å². The lowest BCUT2D eigenvalue weighted by Gasteiger charge is -2.45. The Balaban J connectivity index is 1.15. The molecule has 0 saturated heterocycles. The van der Waals surface area contributed by atoms with Gasteiger partial charge in [0.1, 0.15) is 11.2 Å². The van der Waals surface area contributed by atoms with Crippen LogP contribution in [0.1, 0.15) is 111 Å². The molecule has 0 saturated carbocycles. The predicted molar refractivity (Wildman–Crippen MR) is 273 cm³/mol. The average Bonchev–Trinajstić information content (AvgIpc) is 3.59. The van der Waals surface area contributed by atoms with E-state index in [1.807, 2.05) is 0 Å². The second-order valence-corrected chi connectivity index (χ2v) is 22.5. The van der Waals surface area contributed by atoms with Gasteiger partial charge in [-0.2, -0.15) is 0 Å². The van der Waals surface area contributed by atoms with Gasteiger partial charge in [0.05, 0.1) is 0 Å². The van der Waals surface area contributed by atoms with Gasteiger partial charge in [0.25, 0.3) is 6.71 Å². The molecule has 3 heterocycles. The van der Waals surface area contributed by atoms with Crippen LogP contribution >= 0.6 is 0 Å². The Morgan fingerprint density at radius 1 is 0.381 bits per heavy atom. The SMILES string of the molecule is Cc1cc2c3c(c1)N(c1ccc(-c4ccc5c(c4)oc4cc(C(C)(C)C)ccc45)cc1)c1cc(C(C)(C)C)ccc1B3c1cc(C(C)(C)C)ccc1N2c1ccc(C(C)(C)C)cc1. The maximum absolute atomic E-state index is 6.53. The zero-order valence-electron chi connectivity index (χ0n) is 39.6. The minimum Gasteiger partial charge on any atom is -0.456 e. The van der Waals surface area contributed by atoms with E-state index in [9.17, 15) is 0 Å². The number of fused-ring (bicyclic) bond motifs is 7. The lowest BCUT2D eigenvalue weighted by atomic mass is 9.33. The van der Waals surface area contributed by atoms with E-state index in [2.05, 4.69) is 233 Å². The van der Waals surface area contributed by atoms with Gasteiger partial charge in [-0.25, -0.2) is 0 Å². The summed E-state index contributed by atoms with van der Waals surface area (Å²) in [6.07, 6.45) is 0. The molecule has 0 radical (unpaired) electrons. The molecule has 0 N–H and O–H groups in total. The van der Waals surface area contributed by atoms with Crippen molar-refractivity contribution in [3.8, 4) is 11.1 Å². The van der Waals surface area contributed by atoms with Crippen LogP contribution in [0, 0.1) is 6.92 Å². The Bertz CT molecular complexity index is 3100. The molecule has 0 unspecified atom stereocenters. The third kappa shape index (κ3) is 6.89.